The van der Waals surface area contributed by atoms with Crippen LogP contribution in [0.25, 0.3) is 0 Å². The van der Waals surface area contributed by atoms with Crippen LogP contribution in [0.2, 0.25) is 0 Å². The van der Waals surface area contributed by atoms with E-state index >= 15 is 0 Å². The Morgan fingerprint density at radius 1 is 0.893 bits per heavy atom. The summed E-state index contributed by atoms with van der Waals surface area (Å²) in [6.45, 7) is 7.03. The zero-order chi connectivity index (χ0) is 19.2. The van der Waals surface area contributed by atoms with Gasteiger partial charge in [0.2, 0.25) is 0 Å². The van der Waals surface area contributed by atoms with Crippen LogP contribution in [0.3, 0.4) is 0 Å². The Bertz CT molecular complexity index is 840. The van der Waals surface area contributed by atoms with Crippen molar-refractivity contribution < 1.29 is 0 Å². The van der Waals surface area contributed by atoms with Crippen LogP contribution in [0, 0.1) is 0 Å². The van der Waals surface area contributed by atoms with Gasteiger partial charge >= 0.3 is 0 Å². The van der Waals surface area contributed by atoms with E-state index in [1.807, 2.05) is 4.68 Å². The normalized spacial score (nSPS) is 16.2. The van der Waals surface area contributed by atoms with E-state index in [4.69, 9.17) is 0 Å². The van der Waals surface area contributed by atoms with Crippen molar-refractivity contribution in [3.05, 3.63) is 72.1 Å². The van der Waals surface area contributed by atoms with Gasteiger partial charge in [-0.1, -0.05) is 61.9 Å². The summed E-state index contributed by atoms with van der Waals surface area (Å²) >= 11 is 0. The van der Waals surface area contributed by atoms with Gasteiger partial charge in [-0.15, -0.1) is 5.10 Å². The Labute approximate surface area is 166 Å². The fraction of sp³-hybridized carbons (Fsp3) is 0.409. The number of piperazine rings is 1. The predicted octanol–water partition coefficient (Wildman–Crippen LogP) is 3.38. The predicted molar refractivity (Wildman–Crippen MR) is 111 cm³/mol. The molecule has 0 amide bonds. The Balaban J connectivity index is 1.57. The van der Waals surface area contributed by atoms with Crippen molar-refractivity contribution >= 4 is 5.69 Å². The van der Waals surface area contributed by atoms with E-state index in [0.717, 1.165) is 51.4 Å². The van der Waals surface area contributed by atoms with Gasteiger partial charge in [0.25, 0.3) is 0 Å². The highest BCUT2D eigenvalue weighted by Crippen LogP contribution is 2.29. The Kier molecular flexibility index (Phi) is 5.97. The van der Waals surface area contributed by atoms with Crippen LogP contribution < -0.4 is 4.90 Å². The van der Waals surface area contributed by atoms with Crippen LogP contribution in [-0.2, 0) is 6.54 Å². The number of anilines is 1. The summed E-state index contributed by atoms with van der Waals surface area (Å²) in [6.07, 6.45) is 2.21. The molecule has 1 atom stereocenters. The minimum atomic E-state index is 0.0889. The number of unbranched alkanes of at least 4 members (excludes halogenated alkanes) is 1. The van der Waals surface area contributed by atoms with E-state index in [1.165, 1.54) is 11.3 Å². The van der Waals surface area contributed by atoms with Gasteiger partial charge < -0.3 is 4.90 Å². The van der Waals surface area contributed by atoms with Crippen molar-refractivity contribution in [2.24, 2.45) is 0 Å². The lowest BCUT2D eigenvalue weighted by Gasteiger charge is -2.39. The molecule has 1 aromatic heterocycles. The van der Waals surface area contributed by atoms with Crippen LogP contribution in [-0.4, -0.2) is 51.3 Å². The number of aryl methyl sites for hydroxylation is 1. The summed E-state index contributed by atoms with van der Waals surface area (Å²) < 4.78 is 1.99. The highest BCUT2D eigenvalue weighted by atomic mass is 15.6. The number of para-hydroxylation sites is 1. The topological polar surface area (TPSA) is 50.1 Å². The van der Waals surface area contributed by atoms with Gasteiger partial charge in [0.1, 0.15) is 0 Å². The maximum absolute atomic E-state index is 4.44. The molecule has 6 heteroatoms. The second kappa shape index (κ2) is 8.97. The molecular formula is C22H28N6. The quantitative estimate of drug-likeness (QED) is 0.633. The summed E-state index contributed by atoms with van der Waals surface area (Å²) in [4.78, 5) is 4.97. The van der Waals surface area contributed by atoms with Gasteiger partial charge in [-0.05, 0) is 34.5 Å². The number of aromatic nitrogens is 4. The van der Waals surface area contributed by atoms with E-state index in [1.54, 1.807) is 0 Å². The van der Waals surface area contributed by atoms with Crippen LogP contribution in [0.4, 0.5) is 5.69 Å². The number of hydrogen-bond acceptors (Lipinski definition) is 5. The number of tetrazole rings is 1. The van der Waals surface area contributed by atoms with Crippen molar-refractivity contribution in [3.8, 4) is 0 Å². The molecule has 1 saturated heterocycles. The summed E-state index contributed by atoms with van der Waals surface area (Å²) in [5, 5.41) is 12.7. The van der Waals surface area contributed by atoms with Crippen molar-refractivity contribution in [1.29, 1.82) is 0 Å². The van der Waals surface area contributed by atoms with Gasteiger partial charge in [0.05, 0.1) is 6.04 Å². The molecule has 146 valence electrons. The van der Waals surface area contributed by atoms with Crippen LogP contribution in [0.1, 0.15) is 37.2 Å². The third-order valence-electron chi connectivity index (χ3n) is 5.44. The Morgan fingerprint density at radius 2 is 1.57 bits per heavy atom. The lowest BCUT2D eigenvalue weighted by atomic mass is 10.0. The zero-order valence-electron chi connectivity index (χ0n) is 16.5. The van der Waals surface area contributed by atoms with E-state index in [0.29, 0.717) is 0 Å². The molecule has 0 N–H and O–H groups in total. The summed E-state index contributed by atoms with van der Waals surface area (Å²) in [5.74, 6) is 0.952. The highest BCUT2D eigenvalue weighted by Gasteiger charge is 2.30. The first-order chi connectivity index (χ1) is 13.9. The van der Waals surface area contributed by atoms with E-state index < -0.39 is 0 Å². The molecule has 0 bridgehead atoms. The molecule has 4 rings (SSSR count). The molecule has 28 heavy (non-hydrogen) atoms. The van der Waals surface area contributed by atoms with Crippen molar-refractivity contribution in [2.45, 2.75) is 32.4 Å². The molecule has 0 radical (unpaired) electrons. The van der Waals surface area contributed by atoms with E-state index in [2.05, 4.69) is 92.9 Å². The second-order valence-electron chi connectivity index (χ2n) is 7.29. The van der Waals surface area contributed by atoms with E-state index in [-0.39, 0.29) is 6.04 Å². The first-order valence-corrected chi connectivity index (χ1v) is 10.2. The average Bonchev–Trinajstić information content (AvgIpc) is 3.22. The maximum Gasteiger partial charge on any atom is 0.173 e. The van der Waals surface area contributed by atoms with Crippen LogP contribution >= 0.6 is 0 Å². The van der Waals surface area contributed by atoms with Crippen molar-refractivity contribution in [2.75, 3.05) is 31.1 Å². The first-order valence-electron chi connectivity index (χ1n) is 10.2. The number of rotatable bonds is 7. The fourth-order valence-electron chi connectivity index (χ4n) is 3.91. The second-order valence-corrected chi connectivity index (χ2v) is 7.29. The highest BCUT2D eigenvalue weighted by molar-refractivity contribution is 5.46. The van der Waals surface area contributed by atoms with Gasteiger partial charge in [-0.25, -0.2) is 4.68 Å². The SMILES string of the molecule is CCCCn1nnnc1C(c1ccccc1)N1CCN(c2ccccc2)CC1. The van der Waals surface area contributed by atoms with Crippen LogP contribution in [0.15, 0.2) is 60.7 Å². The van der Waals surface area contributed by atoms with Gasteiger partial charge in [-0.3, -0.25) is 4.90 Å². The molecule has 1 unspecified atom stereocenters. The molecule has 1 fully saturated rings. The molecule has 1 aliphatic heterocycles. The smallest absolute Gasteiger partial charge is 0.173 e. The molecule has 3 aromatic rings. The molecule has 2 heterocycles. The van der Waals surface area contributed by atoms with Crippen molar-refractivity contribution in [3.63, 3.8) is 0 Å². The first kappa shape index (κ1) is 18.6. The number of hydrogen-bond donors (Lipinski definition) is 0. The van der Waals surface area contributed by atoms with Crippen LogP contribution in [0.5, 0.6) is 0 Å². The minimum absolute atomic E-state index is 0.0889. The standard InChI is InChI=1S/C22H28N6/c1-2-3-14-28-22(23-24-25-28)21(19-10-6-4-7-11-19)27-17-15-26(16-18-27)20-12-8-5-9-13-20/h4-13,21H,2-3,14-18H2,1H3. The molecular weight excluding hydrogens is 348 g/mol. The fourth-order valence-corrected chi connectivity index (χ4v) is 3.91. The lowest BCUT2D eigenvalue weighted by Crippen LogP contribution is -2.48. The van der Waals surface area contributed by atoms with Gasteiger partial charge in [0.15, 0.2) is 5.82 Å². The molecule has 0 saturated carbocycles. The molecule has 1 aliphatic rings. The molecule has 2 aromatic carbocycles. The third kappa shape index (κ3) is 4.07. The summed E-state index contributed by atoms with van der Waals surface area (Å²) in [7, 11) is 0. The zero-order valence-corrected chi connectivity index (χ0v) is 16.5. The lowest BCUT2D eigenvalue weighted by molar-refractivity contribution is 0.200. The monoisotopic (exact) mass is 376 g/mol. The summed E-state index contributed by atoms with van der Waals surface area (Å²) in [5.41, 5.74) is 2.55. The molecule has 6 nitrogen and oxygen atoms in total. The number of nitrogens with zero attached hydrogens (tertiary/aromatic N) is 6. The average molecular weight is 377 g/mol. The third-order valence-corrected chi connectivity index (χ3v) is 5.44. The largest absolute Gasteiger partial charge is 0.369 e. The minimum Gasteiger partial charge on any atom is -0.369 e. The molecule has 0 aliphatic carbocycles. The Morgan fingerprint density at radius 3 is 2.25 bits per heavy atom. The molecule has 0 spiro atoms. The number of benzene rings is 2. The van der Waals surface area contributed by atoms with Crippen molar-refractivity contribution in [1.82, 2.24) is 25.1 Å². The Hall–Kier alpha value is -2.73. The van der Waals surface area contributed by atoms with E-state index in [9.17, 15) is 0 Å². The van der Waals surface area contributed by atoms with Gasteiger partial charge in [-0.2, -0.15) is 0 Å². The maximum atomic E-state index is 4.44. The summed E-state index contributed by atoms with van der Waals surface area (Å²) in [6, 6.07) is 21.4. The van der Waals surface area contributed by atoms with Gasteiger partial charge in [0, 0.05) is 38.4 Å².